The monoisotopic (exact) mass is 256 g/mol. The van der Waals surface area contributed by atoms with E-state index in [1.165, 1.54) is 63.8 Å². The Kier molecular flexibility index (Phi) is 5.06. The molecule has 0 aromatic heterocycles. The van der Waals surface area contributed by atoms with E-state index in [-0.39, 0.29) is 0 Å². The average Bonchev–Trinajstić information content (AvgIpc) is 2.90. The third kappa shape index (κ3) is 3.12. The molecule has 2 nitrogen and oxygen atoms in total. The minimum absolute atomic E-state index is 0.756. The molecule has 0 amide bonds. The van der Waals surface area contributed by atoms with Gasteiger partial charge in [0, 0.05) is 19.8 Å². The van der Waals surface area contributed by atoms with E-state index in [4.69, 9.17) is 8.85 Å². The minimum Gasteiger partial charge on any atom is -0.397 e. The summed E-state index contributed by atoms with van der Waals surface area (Å²) in [6.07, 6.45) is 12.6. The number of hydrogen-bond donors (Lipinski definition) is 0. The molecule has 0 aromatic rings. The summed E-state index contributed by atoms with van der Waals surface area (Å²) in [5, 5.41) is 0. The second-order valence-corrected chi connectivity index (χ2v) is 9.57. The van der Waals surface area contributed by atoms with E-state index in [9.17, 15) is 0 Å². The molecule has 0 aliphatic heterocycles. The van der Waals surface area contributed by atoms with E-state index in [2.05, 4.69) is 0 Å². The van der Waals surface area contributed by atoms with Crippen molar-refractivity contribution in [3.8, 4) is 0 Å². The topological polar surface area (TPSA) is 18.5 Å². The van der Waals surface area contributed by atoms with Crippen molar-refractivity contribution in [2.24, 2.45) is 5.92 Å². The summed E-state index contributed by atoms with van der Waals surface area (Å²) in [5.41, 5.74) is 0.756. The van der Waals surface area contributed by atoms with E-state index in [1.807, 2.05) is 14.2 Å². The molecule has 0 unspecified atom stereocenters. The van der Waals surface area contributed by atoms with Crippen LogP contribution in [0.3, 0.4) is 0 Å². The zero-order chi connectivity index (χ0) is 12.1. The van der Waals surface area contributed by atoms with Gasteiger partial charge in [0.1, 0.15) is 0 Å². The van der Waals surface area contributed by atoms with Crippen molar-refractivity contribution in [1.82, 2.24) is 0 Å². The summed E-state index contributed by atoms with van der Waals surface area (Å²) < 4.78 is 12.0. The molecule has 100 valence electrons. The Bertz CT molecular complexity index is 216. The van der Waals surface area contributed by atoms with Crippen LogP contribution in [-0.2, 0) is 8.85 Å². The Morgan fingerprint density at radius 3 is 1.88 bits per heavy atom. The van der Waals surface area contributed by atoms with Crippen LogP contribution < -0.4 is 0 Å². The predicted octanol–water partition coefficient (Wildman–Crippen LogP) is 4.25. The lowest BCUT2D eigenvalue weighted by Crippen LogP contribution is -2.47. The molecule has 0 radical (unpaired) electrons. The molecule has 0 aromatic carbocycles. The lowest BCUT2D eigenvalue weighted by atomic mass is 10.0. The maximum Gasteiger partial charge on any atom is 0.341 e. The summed E-state index contributed by atoms with van der Waals surface area (Å²) in [6, 6.07) is 1.25. The number of rotatable bonds is 5. The first-order valence-electron chi connectivity index (χ1n) is 7.41. The molecule has 0 bridgehead atoms. The van der Waals surface area contributed by atoms with Gasteiger partial charge in [-0.1, -0.05) is 44.9 Å². The molecule has 2 aliphatic rings. The molecule has 2 aliphatic carbocycles. The fourth-order valence-electron chi connectivity index (χ4n) is 3.91. The Balaban J connectivity index is 2.00. The first kappa shape index (κ1) is 13.6. The van der Waals surface area contributed by atoms with Crippen LogP contribution in [0, 0.1) is 5.92 Å². The molecule has 0 spiro atoms. The maximum atomic E-state index is 6.01. The number of hydrogen-bond acceptors (Lipinski definition) is 2. The zero-order valence-corrected chi connectivity index (χ0v) is 12.5. The van der Waals surface area contributed by atoms with E-state index in [0.29, 0.717) is 0 Å². The molecular weight excluding hydrogens is 228 g/mol. The van der Waals surface area contributed by atoms with Crippen molar-refractivity contribution in [2.75, 3.05) is 14.2 Å². The third-order valence-electron chi connectivity index (χ3n) is 4.97. The van der Waals surface area contributed by atoms with Gasteiger partial charge >= 0.3 is 8.56 Å². The van der Waals surface area contributed by atoms with Crippen LogP contribution in [0.1, 0.15) is 57.8 Å². The molecule has 17 heavy (non-hydrogen) atoms. The third-order valence-corrected chi connectivity index (χ3v) is 9.32. The van der Waals surface area contributed by atoms with Crippen LogP contribution in [0.15, 0.2) is 0 Å². The molecular formula is C14H28O2Si. The van der Waals surface area contributed by atoms with E-state index in [0.717, 1.165) is 11.5 Å². The molecule has 2 fully saturated rings. The molecule has 2 saturated carbocycles. The Labute approximate surface area is 107 Å². The lowest BCUT2D eigenvalue weighted by molar-refractivity contribution is 0.209. The van der Waals surface area contributed by atoms with Gasteiger partial charge in [-0.15, -0.1) is 0 Å². The van der Waals surface area contributed by atoms with Crippen molar-refractivity contribution >= 4 is 8.56 Å². The van der Waals surface area contributed by atoms with E-state index >= 15 is 0 Å². The van der Waals surface area contributed by atoms with Crippen molar-refractivity contribution < 1.29 is 8.85 Å². The maximum absolute atomic E-state index is 6.01. The Hall–Kier alpha value is 0.137. The van der Waals surface area contributed by atoms with Gasteiger partial charge in [0.25, 0.3) is 0 Å². The summed E-state index contributed by atoms with van der Waals surface area (Å²) in [4.78, 5) is 0. The van der Waals surface area contributed by atoms with E-state index < -0.39 is 8.56 Å². The van der Waals surface area contributed by atoms with Gasteiger partial charge in [-0.25, -0.2) is 0 Å². The second-order valence-electron chi connectivity index (χ2n) is 5.91. The zero-order valence-electron chi connectivity index (χ0n) is 11.5. The van der Waals surface area contributed by atoms with Crippen molar-refractivity contribution in [3.63, 3.8) is 0 Å². The molecule has 0 N–H and O–H groups in total. The second kappa shape index (κ2) is 6.35. The van der Waals surface area contributed by atoms with Crippen LogP contribution in [0.5, 0.6) is 0 Å². The highest BCUT2D eigenvalue weighted by atomic mass is 28.4. The van der Waals surface area contributed by atoms with Crippen molar-refractivity contribution in [2.45, 2.75) is 69.4 Å². The SMILES string of the molecule is CO[Si](CC1CCCC1)(OC)C1CCCCC1. The van der Waals surface area contributed by atoms with Gasteiger partial charge in [0.05, 0.1) is 0 Å². The molecule has 2 rings (SSSR count). The quantitative estimate of drug-likeness (QED) is 0.685. The van der Waals surface area contributed by atoms with E-state index in [1.54, 1.807) is 0 Å². The highest BCUT2D eigenvalue weighted by Gasteiger charge is 2.46. The Morgan fingerprint density at radius 1 is 0.824 bits per heavy atom. The summed E-state index contributed by atoms with van der Waals surface area (Å²) in [5.74, 6) is 0.892. The standard InChI is InChI=1S/C14H28O2Si/c1-15-17(16-2,12-13-8-6-7-9-13)14-10-4-3-5-11-14/h13-14H,3-12H2,1-2H3. The van der Waals surface area contributed by atoms with Gasteiger partial charge in [0.15, 0.2) is 0 Å². The van der Waals surface area contributed by atoms with Crippen LogP contribution >= 0.6 is 0 Å². The molecule has 3 heteroatoms. The highest BCUT2D eigenvalue weighted by Crippen LogP contribution is 2.43. The molecule has 0 saturated heterocycles. The highest BCUT2D eigenvalue weighted by molar-refractivity contribution is 6.69. The minimum atomic E-state index is -1.91. The van der Waals surface area contributed by atoms with Crippen molar-refractivity contribution in [1.29, 1.82) is 0 Å². The Morgan fingerprint density at radius 2 is 1.35 bits per heavy atom. The average molecular weight is 256 g/mol. The fraction of sp³-hybridized carbons (Fsp3) is 1.00. The van der Waals surface area contributed by atoms with Gasteiger partial charge < -0.3 is 8.85 Å². The summed E-state index contributed by atoms with van der Waals surface area (Å²) >= 11 is 0. The van der Waals surface area contributed by atoms with Gasteiger partial charge in [-0.05, 0) is 24.8 Å². The predicted molar refractivity (Wildman–Crippen MR) is 73.4 cm³/mol. The van der Waals surface area contributed by atoms with Crippen LogP contribution in [0.25, 0.3) is 0 Å². The van der Waals surface area contributed by atoms with Crippen LogP contribution in [-0.4, -0.2) is 22.8 Å². The smallest absolute Gasteiger partial charge is 0.341 e. The first-order valence-corrected chi connectivity index (χ1v) is 9.51. The molecule has 0 atom stereocenters. The van der Waals surface area contributed by atoms with Crippen LogP contribution in [0.2, 0.25) is 11.6 Å². The summed E-state index contributed by atoms with van der Waals surface area (Å²) in [7, 11) is 1.90. The lowest BCUT2D eigenvalue weighted by Gasteiger charge is -2.38. The fourth-order valence-corrected chi connectivity index (χ4v) is 7.91. The van der Waals surface area contributed by atoms with Crippen molar-refractivity contribution in [3.05, 3.63) is 0 Å². The molecule has 0 heterocycles. The van der Waals surface area contributed by atoms with Gasteiger partial charge in [0.2, 0.25) is 0 Å². The summed E-state index contributed by atoms with van der Waals surface area (Å²) in [6.45, 7) is 0. The van der Waals surface area contributed by atoms with Gasteiger partial charge in [-0.3, -0.25) is 0 Å². The normalized spacial score (nSPS) is 24.4. The largest absolute Gasteiger partial charge is 0.397 e. The van der Waals surface area contributed by atoms with Crippen LogP contribution in [0.4, 0.5) is 0 Å². The van der Waals surface area contributed by atoms with Gasteiger partial charge in [-0.2, -0.15) is 0 Å². The first-order chi connectivity index (χ1) is 8.30.